The zero-order valence-corrected chi connectivity index (χ0v) is 12.8. The quantitative estimate of drug-likeness (QED) is 0.401. The van der Waals surface area contributed by atoms with Crippen LogP contribution in [0.3, 0.4) is 0 Å². The molecular weight excluding hydrogens is 274 g/mol. The minimum Gasteiger partial charge on any atom is -0.385 e. The number of hydrogen-bond donors (Lipinski definition) is 1. The number of hydrogen-bond acceptors (Lipinski definition) is 7. The van der Waals surface area contributed by atoms with Gasteiger partial charge in [-0.15, -0.1) is 0 Å². The van der Waals surface area contributed by atoms with Crippen LogP contribution in [0.25, 0.3) is 0 Å². The van der Waals surface area contributed by atoms with Crippen LogP contribution in [0.15, 0.2) is 6.33 Å². The molecular formula is C13H23N5O3. The largest absolute Gasteiger partial charge is 0.385 e. The Morgan fingerprint density at radius 1 is 1.43 bits per heavy atom. The van der Waals surface area contributed by atoms with Crippen molar-refractivity contribution in [3.63, 3.8) is 0 Å². The van der Waals surface area contributed by atoms with Gasteiger partial charge in [-0.05, 0) is 12.8 Å². The monoisotopic (exact) mass is 297 g/mol. The molecule has 0 aliphatic heterocycles. The van der Waals surface area contributed by atoms with Gasteiger partial charge in [-0.2, -0.15) is 0 Å². The van der Waals surface area contributed by atoms with Crippen molar-refractivity contribution in [3.8, 4) is 0 Å². The number of unbranched alkanes of at least 4 members (excludes halogenated alkanes) is 1. The van der Waals surface area contributed by atoms with Crippen molar-refractivity contribution in [1.82, 2.24) is 9.97 Å². The van der Waals surface area contributed by atoms with Crippen molar-refractivity contribution in [3.05, 3.63) is 16.4 Å². The molecule has 1 heterocycles. The molecule has 21 heavy (non-hydrogen) atoms. The fraction of sp³-hybridized carbons (Fsp3) is 0.692. The van der Waals surface area contributed by atoms with Crippen LogP contribution in [0.4, 0.5) is 17.3 Å². The molecule has 0 saturated carbocycles. The van der Waals surface area contributed by atoms with E-state index in [2.05, 4.69) is 22.2 Å². The van der Waals surface area contributed by atoms with Crippen LogP contribution in [0, 0.1) is 10.1 Å². The Kier molecular flexibility index (Phi) is 7.38. The summed E-state index contributed by atoms with van der Waals surface area (Å²) >= 11 is 0. The molecule has 0 fully saturated rings. The molecule has 0 aliphatic carbocycles. The first-order valence-corrected chi connectivity index (χ1v) is 7.05. The molecule has 0 saturated heterocycles. The fourth-order valence-electron chi connectivity index (χ4n) is 1.87. The van der Waals surface area contributed by atoms with E-state index in [0.717, 1.165) is 25.8 Å². The minimum atomic E-state index is -0.434. The predicted molar refractivity (Wildman–Crippen MR) is 81.8 cm³/mol. The summed E-state index contributed by atoms with van der Waals surface area (Å²) in [5.74, 6) is 0.599. The van der Waals surface area contributed by atoms with Crippen LogP contribution in [0.5, 0.6) is 0 Å². The average molecular weight is 297 g/mol. The number of nitrogens with zero attached hydrogens (tertiary/aromatic N) is 4. The topological polar surface area (TPSA) is 93.4 Å². The van der Waals surface area contributed by atoms with Crippen LogP contribution in [-0.2, 0) is 4.74 Å². The van der Waals surface area contributed by atoms with Gasteiger partial charge in [0.1, 0.15) is 6.33 Å². The fourth-order valence-corrected chi connectivity index (χ4v) is 1.87. The van der Waals surface area contributed by atoms with Crippen LogP contribution in [-0.4, -0.2) is 48.7 Å². The first-order valence-electron chi connectivity index (χ1n) is 7.05. The Hall–Kier alpha value is -1.96. The first-order chi connectivity index (χ1) is 10.1. The van der Waals surface area contributed by atoms with Gasteiger partial charge in [-0.25, -0.2) is 9.97 Å². The lowest BCUT2D eigenvalue weighted by Crippen LogP contribution is -2.22. The van der Waals surface area contributed by atoms with Crippen molar-refractivity contribution < 1.29 is 9.66 Å². The van der Waals surface area contributed by atoms with Gasteiger partial charge >= 0.3 is 5.69 Å². The van der Waals surface area contributed by atoms with Gasteiger partial charge in [-0.3, -0.25) is 10.1 Å². The SMILES string of the molecule is CCCCN(C)c1ncnc(NCCCOC)c1[N+](=O)[O-]. The molecule has 1 aromatic rings. The number of nitrogens with one attached hydrogen (secondary N) is 1. The van der Waals surface area contributed by atoms with Crippen LogP contribution in [0.1, 0.15) is 26.2 Å². The Labute approximate surface area is 124 Å². The van der Waals surface area contributed by atoms with Crippen LogP contribution >= 0.6 is 0 Å². The highest BCUT2D eigenvalue weighted by Crippen LogP contribution is 2.31. The standard InChI is InChI=1S/C13H23N5O3/c1-4-5-8-17(2)13-11(18(19)20)12(15-10-16-13)14-7-6-9-21-3/h10H,4-9H2,1-3H3,(H,14,15,16). The molecule has 0 aliphatic rings. The molecule has 8 nitrogen and oxygen atoms in total. The lowest BCUT2D eigenvalue weighted by Gasteiger charge is -2.18. The van der Waals surface area contributed by atoms with Gasteiger partial charge in [-0.1, -0.05) is 13.3 Å². The van der Waals surface area contributed by atoms with Gasteiger partial charge in [0.15, 0.2) is 0 Å². The van der Waals surface area contributed by atoms with E-state index in [1.807, 2.05) is 0 Å². The van der Waals surface area contributed by atoms with E-state index < -0.39 is 4.92 Å². The lowest BCUT2D eigenvalue weighted by atomic mass is 10.3. The molecule has 0 amide bonds. The smallest absolute Gasteiger partial charge is 0.353 e. The number of nitro groups is 1. The van der Waals surface area contributed by atoms with Crippen molar-refractivity contribution >= 4 is 17.3 Å². The van der Waals surface area contributed by atoms with E-state index >= 15 is 0 Å². The summed E-state index contributed by atoms with van der Waals surface area (Å²) in [6.45, 7) is 3.95. The minimum absolute atomic E-state index is 0.0754. The summed E-state index contributed by atoms with van der Waals surface area (Å²) in [6.07, 6.45) is 4.07. The average Bonchev–Trinajstić information content (AvgIpc) is 2.48. The van der Waals surface area contributed by atoms with E-state index in [1.165, 1.54) is 6.33 Å². The van der Waals surface area contributed by atoms with E-state index in [-0.39, 0.29) is 11.5 Å². The number of methoxy groups -OCH3 is 1. The van der Waals surface area contributed by atoms with Gasteiger partial charge in [0, 0.05) is 33.9 Å². The van der Waals surface area contributed by atoms with Crippen molar-refractivity contribution in [2.75, 3.05) is 44.1 Å². The van der Waals surface area contributed by atoms with Crippen LogP contribution in [0.2, 0.25) is 0 Å². The number of rotatable bonds is 10. The maximum absolute atomic E-state index is 11.3. The van der Waals surface area contributed by atoms with E-state index in [9.17, 15) is 10.1 Å². The maximum Gasteiger partial charge on any atom is 0.353 e. The van der Waals surface area contributed by atoms with E-state index in [0.29, 0.717) is 19.0 Å². The molecule has 0 atom stereocenters. The second-order valence-corrected chi connectivity index (χ2v) is 4.70. The van der Waals surface area contributed by atoms with Gasteiger partial charge < -0.3 is 15.0 Å². The third-order valence-electron chi connectivity index (χ3n) is 3.01. The normalized spacial score (nSPS) is 10.4. The van der Waals surface area contributed by atoms with Crippen molar-refractivity contribution in [2.45, 2.75) is 26.2 Å². The molecule has 0 unspecified atom stereocenters. The molecule has 118 valence electrons. The molecule has 8 heteroatoms. The highest BCUT2D eigenvalue weighted by Gasteiger charge is 2.24. The molecule has 1 N–H and O–H groups in total. The number of anilines is 2. The summed E-state index contributed by atoms with van der Waals surface area (Å²) in [5, 5.41) is 14.3. The van der Waals surface area contributed by atoms with Gasteiger partial charge in [0.2, 0.25) is 11.6 Å². The molecule has 1 aromatic heterocycles. The van der Waals surface area contributed by atoms with E-state index in [1.54, 1.807) is 19.1 Å². The Morgan fingerprint density at radius 2 is 2.19 bits per heavy atom. The molecule has 0 aromatic carbocycles. The Bertz CT molecular complexity index is 455. The summed E-state index contributed by atoms with van der Waals surface area (Å²) < 4.78 is 4.95. The lowest BCUT2D eigenvalue weighted by molar-refractivity contribution is -0.383. The zero-order valence-electron chi connectivity index (χ0n) is 12.8. The summed E-state index contributed by atoms with van der Waals surface area (Å²) in [7, 11) is 3.42. The third kappa shape index (κ3) is 5.14. The summed E-state index contributed by atoms with van der Waals surface area (Å²) in [6, 6.07) is 0. The molecule has 1 rings (SSSR count). The summed E-state index contributed by atoms with van der Waals surface area (Å²) in [5.41, 5.74) is -0.0754. The van der Waals surface area contributed by atoms with Crippen molar-refractivity contribution in [2.24, 2.45) is 0 Å². The highest BCUT2D eigenvalue weighted by atomic mass is 16.6. The Balaban J connectivity index is 2.90. The first kappa shape index (κ1) is 17.1. The third-order valence-corrected chi connectivity index (χ3v) is 3.01. The molecule has 0 bridgehead atoms. The molecule has 0 spiro atoms. The van der Waals surface area contributed by atoms with E-state index in [4.69, 9.17) is 4.74 Å². The second kappa shape index (κ2) is 9.06. The van der Waals surface area contributed by atoms with Gasteiger partial charge in [0.05, 0.1) is 4.92 Å². The predicted octanol–water partition coefficient (Wildman–Crippen LogP) is 2.07. The number of ether oxygens (including phenoxy) is 1. The Morgan fingerprint density at radius 3 is 2.81 bits per heavy atom. The number of aromatic nitrogens is 2. The van der Waals surface area contributed by atoms with Crippen LogP contribution < -0.4 is 10.2 Å². The zero-order chi connectivity index (χ0) is 15.7. The molecule has 0 radical (unpaired) electrons. The van der Waals surface area contributed by atoms with Gasteiger partial charge in [0.25, 0.3) is 0 Å². The second-order valence-electron chi connectivity index (χ2n) is 4.70. The summed E-state index contributed by atoms with van der Waals surface area (Å²) in [4.78, 5) is 20.8. The highest BCUT2D eigenvalue weighted by molar-refractivity contribution is 5.69. The maximum atomic E-state index is 11.3. The van der Waals surface area contributed by atoms with Crippen molar-refractivity contribution in [1.29, 1.82) is 0 Å².